The zero-order valence-corrected chi connectivity index (χ0v) is 26.4. The highest BCUT2D eigenvalue weighted by molar-refractivity contribution is 6.73. The molecule has 0 spiro atoms. The van der Waals surface area contributed by atoms with Gasteiger partial charge < -0.3 is 19.7 Å². The van der Waals surface area contributed by atoms with Crippen LogP contribution in [0.15, 0.2) is 115 Å². The Bertz CT molecular complexity index is 2240. The Morgan fingerprint density at radius 2 is 1.35 bits per heavy atom. The molecule has 46 heavy (non-hydrogen) atoms. The lowest BCUT2D eigenvalue weighted by Crippen LogP contribution is -2.42. The third-order valence-electron chi connectivity index (χ3n) is 9.89. The number of ether oxygens (including phenoxy) is 2. The topological polar surface area (TPSA) is 33.7 Å². The number of aryl methyl sites for hydroxylation is 2. The Morgan fingerprint density at radius 1 is 0.609 bits per heavy atom. The van der Waals surface area contributed by atoms with E-state index in [0.29, 0.717) is 0 Å². The van der Waals surface area contributed by atoms with Crippen molar-refractivity contribution in [1.82, 2.24) is 0 Å². The third kappa shape index (κ3) is 3.94. The molecule has 0 fully saturated rings. The molecule has 0 saturated heterocycles. The van der Waals surface area contributed by atoms with E-state index in [1.807, 2.05) is 6.07 Å². The van der Waals surface area contributed by atoms with Gasteiger partial charge in [-0.25, -0.2) is 0 Å². The normalized spacial score (nSPS) is 14.3. The van der Waals surface area contributed by atoms with Crippen molar-refractivity contribution < 1.29 is 9.47 Å². The summed E-state index contributed by atoms with van der Waals surface area (Å²) in [6, 6.07) is 40.9. The van der Waals surface area contributed by atoms with E-state index in [1.54, 1.807) is 0 Å². The Hall–Kier alpha value is -5.42. The van der Waals surface area contributed by atoms with Crippen LogP contribution >= 0.6 is 0 Å². The van der Waals surface area contributed by atoms with E-state index in [1.165, 1.54) is 44.4 Å². The molecule has 0 aliphatic carbocycles. The number of anilines is 5. The summed E-state index contributed by atoms with van der Waals surface area (Å²) in [5, 5.41) is 3.87. The number of nitrogens with zero attached hydrogens (tertiary/aromatic N) is 1. The van der Waals surface area contributed by atoms with Gasteiger partial charge in [0.15, 0.2) is 18.8 Å². The maximum absolute atomic E-state index is 6.69. The quantitative estimate of drug-likeness (QED) is 0.206. The lowest BCUT2D eigenvalue weighted by Gasteiger charge is -2.39. The molecular formula is C41H33BN2O2. The number of fused-ring (bicyclic) bond motifs is 6. The second-order valence-corrected chi connectivity index (χ2v) is 13.2. The molecule has 3 heterocycles. The van der Waals surface area contributed by atoms with Gasteiger partial charge in [0.1, 0.15) is 11.5 Å². The van der Waals surface area contributed by atoms with Crippen molar-refractivity contribution in [1.29, 1.82) is 0 Å². The van der Waals surface area contributed by atoms with Gasteiger partial charge in [0.05, 0.1) is 11.4 Å². The van der Waals surface area contributed by atoms with Gasteiger partial charge in [-0.05, 0) is 84.5 Å². The fourth-order valence-electron chi connectivity index (χ4n) is 7.55. The first-order chi connectivity index (χ1) is 22.4. The molecule has 0 aromatic heterocycles. The summed E-state index contributed by atoms with van der Waals surface area (Å²) in [5.41, 5.74) is 14.9. The molecule has 0 amide bonds. The molecule has 6 aromatic carbocycles. The van der Waals surface area contributed by atoms with Crippen LogP contribution in [0.2, 0.25) is 0 Å². The minimum absolute atomic E-state index is 0.232. The first kappa shape index (κ1) is 26.9. The average Bonchev–Trinajstić information content (AvgIpc) is 3.06. The summed E-state index contributed by atoms with van der Waals surface area (Å²) < 4.78 is 13.1. The van der Waals surface area contributed by atoms with E-state index < -0.39 is 0 Å². The van der Waals surface area contributed by atoms with Crippen LogP contribution in [0.3, 0.4) is 0 Å². The molecule has 3 aliphatic rings. The van der Waals surface area contributed by atoms with Crippen molar-refractivity contribution in [3.8, 4) is 34.1 Å². The van der Waals surface area contributed by atoms with Crippen LogP contribution in [0.4, 0.5) is 28.4 Å². The molecule has 5 heteroatoms. The highest BCUT2D eigenvalue weighted by Crippen LogP contribution is 2.53. The van der Waals surface area contributed by atoms with E-state index >= 15 is 0 Å². The predicted molar refractivity (Wildman–Crippen MR) is 191 cm³/mol. The fourth-order valence-corrected chi connectivity index (χ4v) is 7.55. The smallest absolute Gasteiger partial charge is 0.198 e. The summed E-state index contributed by atoms with van der Waals surface area (Å²) in [6.07, 6.45) is 0. The van der Waals surface area contributed by atoms with Gasteiger partial charge in [-0.3, -0.25) is 0 Å². The number of hydrogen-bond donors (Lipinski definition) is 1. The van der Waals surface area contributed by atoms with Gasteiger partial charge in [0.2, 0.25) is 0 Å². The number of benzene rings is 6. The molecule has 222 valence electrons. The summed E-state index contributed by atoms with van der Waals surface area (Å²) >= 11 is 0. The molecule has 0 unspecified atom stereocenters. The van der Waals surface area contributed by atoms with Gasteiger partial charge >= 0.3 is 0 Å². The minimum Gasteiger partial charge on any atom is -0.457 e. The Morgan fingerprint density at radius 3 is 2.22 bits per heavy atom. The van der Waals surface area contributed by atoms with Crippen LogP contribution in [0.25, 0.3) is 11.1 Å². The maximum atomic E-state index is 6.69. The van der Waals surface area contributed by atoms with Crippen molar-refractivity contribution in [2.24, 2.45) is 0 Å². The first-order valence-electron chi connectivity index (χ1n) is 16.0. The molecule has 0 radical (unpaired) electrons. The summed E-state index contributed by atoms with van der Waals surface area (Å²) in [4.78, 5) is 2.40. The number of nitrogens with one attached hydrogen (secondary N) is 1. The van der Waals surface area contributed by atoms with Crippen molar-refractivity contribution >= 4 is 46.6 Å². The van der Waals surface area contributed by atoms with Gasteiger partial charge in [0, 0.05) is 39.2 Å². The van der Waals surface area contributed by atoms with E-state index in [0.717, 1.165) is 58.6 Å². The average molecular weight is 597 g/mol. The van der Waals surface area contributed by atoms with Crippen LogP contribution in [-0.4, -0.2) is 7.28 Å². The van der Waals surface area contributed by atoms with Gasteiger partial charge in [0.25, 0.3) is 0 Å². The van der Waals surface area contributed by atoms with Crippen LogP contribution in [0.5, 0.6) is 23.0 Å². The highest BCUT2D eigenvalue weighted by atomic mass is 16.5. The van der Waals surface area contributed by atoms with E-state index in [9.17, 15) is 0 Å². The van der Waals surface area contributed by atoms with Crippen molar-refractivity contribution in [3.63, 3.8) is 0 Å². The molecule has 6 aromatic rings. The molecule has 4 nitrogen and oxygen atoms in total. The molecular weight excluding hydrogens is 563 g/mol. The molecule has 9 rings (SSSR count). The van der Waals surface area contributed by atoms with Gasteiger partial charge in [-0.2, -0.15) is 0 Å². The highest BCUT2D eigenvalue weighted by Gasteiger charge is 2.37. The summed E-state index contributed by atoms with van der Waals surface area (Å²) in [7, 11) is 0.798. The number of hydrogen-bond acceptors (Lipinski definition) is 4. The summed E-state index contributed by atoms with van der Waals surface area (Å²) in [5.74, 6) is 3.59. The summed E-state index contributed by atoms with van der Waals surface area (Å²) in [6.45, 7) is 8.94. The number of rotatable bonds is 3. The Balaban J connectivity index is 1.30. The maximum Gasteiger partial charge on any atom is 0.198 e. The van der Waals surface area contributed by atoms with Crippen LogP contribution in [-0.2, 0) is 5.41 Å². The SMILES string of the molecule is Cc1cc(-c2cc3c(cc2Nc2ccccc2C)C(C)(C)c2ccccc2O3)c2c(c1)N1c3ccccc3Oc3cccc(c31)B2. The molecule has 0 saturated carbocycles. The van der Waals surface area contributed by atoms with E-state index in [-0.39, 0.29) is 5.41 Å². The zero-order valence-electron chi connectivity index (χ0n) is 26.4. The monoisotopic (exact) mass is 596 g/mol. The third-order valence-corrected chi connectivity index (χ3v) is 9.89. The Kier molecular flexibility index (Phi) is 5.73. The van der Waals surface area contributed by atoms with Crippen LogP contribution in [0.1, 0.15) is 36.1 Å². The lowest BCUT2D eigenvalue weighted by molar-refractivity contribution is 0.418. The van der Waals surface area contributed by atoms with Crippen LogP contribution in [0, 0.1) is 13.8 Å². The molecule has 1 N–H and O–H groups in total. The zero-order chi connectivity index (χ0) is 31.2. The molecule has 0 atom stereocenters. The molecule has 0 bridgehead atoms. The standard InChI is InChI=1S/C41H33BN2O2/c1-24-20-27(39-34(21-24)44-33-16-8-10-18-36(33)46-37-19-11-14-30(42-39)40(37)44)26-22-38-29(23-32(26)43-31-15-7-5-12-25(31)2)41(3,4)28-13-6-9-17-35(28)45-38/h5-23,42-43H,1-4H3. The molecule has 3 aliphatic heterocycles. The second-order valence-electron chi connectivity index (χ2n) is 13.2. The van der Waals surface area contributed by atoms with Gasteiger partial charge in [-0.1, -0.05) is 86.0 Å². The lowest BCUT2D eigenvalue weighted by atomic mass is 9.57. The van der Waals surface area contributed by atoms with Gasteiger partial charge in [-0.15, -0.1) is 0 Å². The van der Waals surface area contributed by atoms with E-state index in [2.05, 4.69) is 147 Å². The first-order valence-corrected chi connectivity index (χ1v) is 16.0. The Labute approximate surface area is 270 Å². The van der Waals surface area contributed by atoms with Crippen molar-refractivity contribution in [3.05, 3.63) is 138 Å². The van der Waals surface area contributed by atoms with Crippen molar-refractivity contribution in [2.45, 2.75) is 33.1 Å². The second kappa shape index (κ2) is 9.79. The van der Waals surface area contributed by atoms with Crippen molar-refractivity contribution in [2.75, 3.05) is 10.2 Å². The minimum atomic E-state index is -0.232. The van der Waals surface area contributed by atoms with Crippen LogP contribution < -0.4 is 30.6 Å². The fraction of sp³-hybridized carbons (Fsp3) is 0.122. The number of para-hydroxylation sites is 5. The van der Waals surface area contributed by atoms with E-state index in [4.69, 9.17) is 9.47 Å². The predicted octanol–water partition coefficient (Wildman–Crippen LogP) is 9.42. The largest absolute Gasteiger partial charge is 0.457 e.